The lowest BCUT2D eigenvalue weighted by atomic mass is 10.2. The first-order chi connectivity index (χ1) is 8.09. The highest BCUT2D eigenvalue weighted by Crippen LogP contribution is 2.30. The van der Waals surface area contributed by atoms with Crippen LogP contribution in [0.15, 0.2) is 18.2 Å². The van der Waals surface area contributed by atoms with Gasteiger partial charge >= 0.3 is 5.69 Å². The van der Waals surface area contributed by atoms with E-state index in [4.69, 9.17) is 0 Å². The van der Waals surface area contributed by atoms with Gasteiger partial charge < -0.3 is 10.2 Å². The van der Waals surface area contributed by atoms with E-state index in [2.05, 4.69) is 5.32 Å². The Morgan fingerprint density at radius 2 is 2.24 bits per heavy atom. The summed E-state index contributed by atoms with van der Waals surface area (Å²) in [4.78, 5) is 22.7. The highest BCUT2D eigenvalue weighted by atomic mass is 19.1. The van der Waals surface area contributed by atoms with E-state index in [1.54, 1.807) is 0 Å². The van der Waals surface area contributed by atoms with Crippen LogP contribution in [-0.2, 0) is 4.79 Å². The number of hydrogen-bond acceptors (Lipinski definition) is 4. The molecule has 0 atom stereocenters. The molecule has 1 amide bonds. The van der Waals surface area contributed by atoms with Gasteiger partial charge in [-0.05, 0) is 12.1 Å². The predicted molar refractivity (Wildman–Crippen MR) is 58.3 cm³/mol. The second-order valence-electron chi connectivity index (χ2n) is 3.64. The van der Waals surface area contributed by atoms with Crippen LogP contribution < -0.4 is 10.2 Å². The number of nitrogens with zero attached hydrogens (tertiary/aromatic N) is 2. The highest BCUT2D eigenvalue weighted by molar-refractivity contribution is 5.83. The van der Waals surface area contributed by atoms with Crippen LogP contribution in [0, 0.1) is 15.9 Å². The quantitative estimate of drug-likeness (QED) is 0.608. The largest absolute Gasteiger partial charge is 0.355 e. The van der Waals surface area contributed by atoms with Gasteiger partial charge in [0.1, 0.15) is 5.69 Å². The van der Waals surface area contributed by atoms with Crippen LogP contribution in [0.5, 0.6) is 0 Å². The number of anilines is 1. The lowest BCUT2D eigenvalue weighted by Crippen LogP contribution is -2.47. The summed E-state index contributed by atoms with van der Waals surface area (Å²) in [7, 11) is 0. The zero-order valence-corrected chi connectivity index (χ0v) is 8.85. The van der Waals surface area contributed by atoms with Crippen molar-refractivity contribution >= 4 is 17.3 Å². The van der Waals surface area contributed by atoms with Gasteiger partial charge in [-0.25, -0.2) is 0 Å². The minimum atomic E-state index is -0.890. The van der Waals surface area contributed by atoms with Gasteiger partial charge in [0.25, 0.3) is 0 Å². The molecule has 1 aromatic carbocycles. The molecule has 1 heterocycles. The monoisotopic (exact) mass is 239 g/mol. The van der Waals surface area contributed by atoms with Crippen LogP contribution >= 0.6 is 0 Å². The van der Waals surface area contributed by atoms with Crippen LogP contribution in [0.25, 0.3) is 0 Å². The zero-order chi connectivity index (χ0) is 12.4. The number of nitro groups is 1. The maximum Gasteiger partial charge on any atom is 0.327 e. The topological polar surface area (TPSA) is 75.5 Å². The van der Waals surface area contributed by atoms with Crippen molar-refractivity contribution in [2.75, 3.05) is 24.5 Å². The van der Waals surface area contributed by atoms with E-state index in [9.17, 15) is 19.3 Å². The van der Waals surface area contributed by atoms with Gasteiger partial charge in [-0.2, -0.15) is 4.39 Å². The smallest absolute Gasteiger partial charge is 0.327 e. The van der Waals surface area contributed by atoms with Crippen LogP contribution in [-0.4, -0.2) is 30.5 Å². The number of amides is 1. The van der Waals surface area contributed by atoms with E-state index in [0.717, 1.165) is 6.07 Å². The normalized spacial score (nSPS) is 15.6. The Morgan fingerprint density at radius 3 is 2.88 bits per heavy atom. The molecule has 1 aromatic rings. The van der Waals surface area contributed by atoms with Gasteiger partial charge in [-0.3, -0.25) is 14.9 Å². The summed E-state index contributed by atoms with van der Waals surface area (Å²) >= 11 is 0. The second kappa shape index (κ2) is 4.36. The third kappa shape index (κ3) is 2.17. The van der Waals surface area contributed by atoms with Crippen molar-refractivity contribution in [3.05, 3.63) is 34.1 Å². The molecule has 7 heteroatoms. The van der Waals surface area contributed by atoms with Gasteiger partial charge in [0.05, 0.1) is 11.5 Å². The van der Waals surface area contributed by atoms with Crippen LogP contribution in [0.3, 0.4) is 0 Å². The predicted octanol–water partition coefficient (Wildman–Crippen LogP) is 0.670. The number of hydrogen-bond donors (Lipinski definition) is 1. The molecular weight excluding hydrogens is 229 g/mol. The van der Waals surface area contributed by atoms with Crippen LogP contribution in [0.2, 0.25) is 0 Å². The number of benzene rings is 1. The van der Waals surface area contributed by atoms with Crippen molar-refractivity contribution in [3.63, 3.8) is 0 Å². The number of nitrogens with one attached hydrogen (secondary N) is 1. The summed E-state index contributed by atoms with van der Waals surface area (Å²) in [5.74, 6) is -1.12. The Hall–Kier alpha value is -2.18. The van der Waals surface area contributed by atoms with Crippen LogP contribution in [0.4, 0.5) is 15.8 Å². The number of carbonyl (C=O) groups is 1. The summed E-state index contributed by atoms with van der Waals surface area (Å²) in [5.41, 5.74) is -0.438. The molecule has 1 aliphatic heterocycles. The number of para-hydroxylation sites is 1. The summed E-state index contributed by atoms with van der Waals surface area (Å²) < 4.78 is 13.4. The molecule has 0 bridgehead atoms. The molecule has 1 N–H and O–H groups in total. The van der Waals surface area contributed by atoms with Crippen molar-refractivity contribution in [2.45, 2.75) is 0 Å². The van der Waals surface area contributed by atoms with Gasteiger partial charge in [-0.1, -0.05) is 6.07 Å². The standard InChI is InChI=1S/C10H10FN3O3/c11-7-2-1-3-8(10(7)14(16)17)13-5-4-12-9(15)6-13/h1-3H,4-6H2,(H,12,15). The molecule has 0 radical (unpaired) electrons. The van der Waals surface area contributed by atoms with Crippen molar-refractivity contribution < 1.29 is 14.1 Å². The zero-order valence-electron chi connectivity index (χ0n) is 8.85. The second-order valence-corrected chi connectivity index (χ2v) is 3.64. The Bertz CT molecular complexity index is 478. The molecule has 1 saturated heterocycles. The third-order valence-corrected chi connectivity index (χ3v) is 2.53. The summed E-state index contributed by atoms with van der Waals surface area (Å²) in [6, 6.07) is 3.87. The van der Waals surface area contributed by atoms with Crippen molar-refractivity contribution in [3.8, 4) is 0 Å². The number of rotatable bonds is 2. The molecule has 2 rings (SSSR count). The molecule has 0 spiro atoms. The first-order valence-corrected chi connectivity index (χ1v) is 5.04. The summed E-state index contributed by atoms with van der Waals surface area (Å²) in [6.07, 6.45) is 0. The maximum atomic E-state index is 13.4. The molecule has 6 nitrogen and oxygen atoms in total. The first kappa shape index (κ1) is 11.3. The molecular formula is C10H10FN3O3. The average Bonchev–Trinajstić information content (AvgIpc) is 2.28. The molecule has 0 unspecified atom stereocenters. The Morgan fingerprint density at radius 1 is 1.47 bits per heavy atom. The van der Waals surface area contributed by atoms with Gasteiger partial charge in [0.15, 0.2) is 0 Å². The maximum absolute atomic E-state index is 13.4. The Labute approximate surface area is 96.2 Å². The molecule has 0 saturated carbocycles. The summed E-state index contributed by atoms with van der Waals surface area (Å²) in [5, 5.41) is 13.4. The first-order valence-electron chi connectivity index (χ1n) is 5.04. The fraction of sp³-hybridized carbons (Fsp3) is 0.300. The third-order valence-electron chi connectivity index (χ3n) is 2.53. The van der Waals surface area contributed by atoms with E-state index in [-0.39, 0.29) is 18.1 Å². The molecule has 90 valence electrons. The molecule has 1 fully saturated rings. The lowest BCUT2D eigenvalue weighted by molar-refractivity contribution is -0.386. The SMILES string of the molecule is O=C1CN(c2cccc(F)c2[N+](=O)[O-])CCN1. The van der Waals surface area contributed by atoms with Gasteiger partial charge in [0, 0.05) is 13.1 Å². The lowest BCUT2D eigenvalue weighted by Gasteiger charge is -2.28. The highest BCUT2D eigenvalue weighted by Gasteiger charge is 2.26. The fourth-order valence-corrected chi connectivity index (χ4v) is 1.78. The van der Waals surface area contributed by atoms with Crippen molar-refractivity contribution in [2.24, 2.45) is 0 Å². The van der Waals surface area contributed by atoms with E-state index >= 15 is 0 Å². The Kier molecular flexibility index (Phi) is 2.90. The van der Waals surface area contributed by atoms with Gasteiger partial charge in [-0.15, -0.1) is 0 Å². The average molecular weight is 239 g/mol. The van der Waals surface area contributed by atoms with E-state index in [1.165, 1.54) is 17.0 Å². The molecule has 0 aliphatic carbocycles. The number of carbonyl (C=O) groups excluding carboxylic acids is 1. The van der Waals surface area contributed by atoms with E-state index < -0.39 is 16.4 Å². The molecule has 17 heavy (non-hydrogen) atoms. The number of nitro benzene ring substituents is 1. The summed E-state index contributed by atoms with van der Waals surface area (Å²) in [6.45, 7) is 0.826. The van der Waals surface area contributed by atoms with E-state index in [1.807, 2.05) is 0 Å². The van der Waals surface area contributed by atoms with Gasteiger partial charge in [0.2, 0.25) is 11.7 Å². The fourth-order valence-electron chi connectivity index (χ4n) is 1.78. The van der Waals surface area contributed by atoms with Crippen molar-refractivity contribution in [1.82, 2.24) is 5.32 Å². The minimum absolute atomic E-state index is 0.00426. The molecule has 1 aliphatic rings. The van der Waals surface area contributed by atoms with E-state index in [0.29, 0.717) is 13.1 Å². The van der Waals surface area contributed by atoms with Crippen molar-refractivity contribution in [1.29, 1.82) is 0 Å². The number of piperazine rings is 1. The number of halogens is 1. The minimum Gasteiger partial charge on any atom is -0.355 e. The Balaban J connectivity index is 2.40. The molecule has 0 aromatic heterocycles. The van der Waals surface area contributed by atoms with Crippen LogP contribution in [0.1, 0.15) is 0 Å².